The molecule has 4 nitrogen and oxygen atoms in total. The number of aryl methyl sites for hydroxylation is 1. The summed E-state index contributed by atoms with van der Waals surface area (Å²) in [6, 6.07) is 13.9. The number of hydrogen-bond acceptors (Lipinski definition) is 4. The third-order valence-electron chi connectivity index (χ3n) is 9.24. The average molecular weight is 466 g/mol. The number of carbonyl (C=O) groups is 1. The van der Waals surface area contributed by atoms with Crippen molar-refractivity contribution in [2.45, 2.75) is 77.3 Å². The zero-order valence-electron chi connectivity index (χ0n) is 21.4. The topological polar surface area (TPSA) is 47.3 Å². The van der Waals surface area contributed by atoms with Crippen molar-refractivity contribution in [2.75, 3.05) is 24.5 Å². The van der Waals surface area contributed by atoms with E-state index in [2.05, 4.69) is 55.7 Å². The smallest absolute Gasteiger partial charge is 0.193 e. The molecular weight excluding hydrogens is 430 g/mol. The van der Waals surface area contributed by atoms with Gasteiger partial charge in [0.25, 0.3) is 0 Å². The normalized spacial score (nSPS) is 23.5. The van der Waals surface area contributed by atoms with Crippen molar-refractivity contribution in [1.29, 1.82) is 5.26 Å². The molecule has 2 fully saturated rings. The maximum absolute atomic E-state index is 13.9. The van der Waals surface area contributed by atoms with Crippen molar-refractivity contribution in [3.8, 4) is 6.07 Å². The van der Waals surface area contributed by atoms with Gasteiger partial charge in [-0.15, -0.1) is 0 Å². The molecule has 0 aromatic heterocycles. The lowest BCUT2D eigenvalue weighted by atomic mass is 9.68. The first-order chi connectivity index (χ1) is 16.8. The number of allylic oxidation sites excluding steroid dienone is 2. The van der Waals surface area contributed by atoms with Crippen LogP contribution >= 0.6 is 0 Å². The fourth-order valence-corrected chi connectivity index (χ4v) is 6.95. The minimum atomic E-state index is -0.231. The highest BCUT2D eigenvalue weighted by atomic mass is 16.1. The second-order valence-electron chi connectivity index (χ2n) is 11.5. The summed E-state index contributed by atoms with van der Waals surface area (Å²) in [5, 5.41) is 9.38. The van der Waals surface area contributed by atoms with Crippen molar-refractivity contribution in [3.05, 3.63) is 69.3 Å². The van der Waals surface area contributed by atoms with Crippen molar-refractivity contribution < 1.29 is 4.79 Å². The number of anilines is 1. The Morgan fingerprint density at radius 2 is 1.91 bits per heavy atom. The van der Waals surface area contributed by atoms with E-state index in [9.17, 15) is 10.1 Å². The molecule has 0 N–H and O–H groups in total. The molecule has 1 heterocycles. The van der Waals surface area contributed by atoms with E-state index in [0.717, 1.165) is 66.3 Å². The van der Waals surface area contributed by atoms with Gasteiger partial charge in [-0.3, -0.25) is 9.69 Å². The molecule has 1 saturated carbocycles. The summed E-state index contributed by atoms with van der Waals surface area (Å²) in [5.41, 5.74) is 9.27. The summed E-state index contributed by atoms with van der Waals surface area (Å²) in [7, 11) is 0. The van der Waals surface area contributed by atoms with Crippen molar-refractivity contribution >= 4 is 17.0 Å². The molecule has 0 bridgehead atoms. The zero-order valence-corrected chi connectivity index (χ0v) is 21.4. The van der Waals surface area contributed by atoms with Crippen LogP contribution in [0.4, 0.5) is 5.69 Å². The summed E-state index contributed by atoms with van der Waals surface area (Å²) in [6.07, 6.45) is 5.76. The van der Waals surface area contributed by atoms with Gasteiger partial charge in [-0.2, -0.15) is 5.26 Å². The molecule has 0 unspecified atom stereocenters. The minimum absolute atomic E-state index is 0.155. The number of carbonyl (C=O) groups excluding carboxylic acids is 1. The monoisotopic (exact) mass is 465 g/mol. The van der Waals surface area contributed by atoms with Crippen LogP contribution < -0.4 is 4.90 Å². The highest BCUT2D eigenvalue weighted by Crippen LogP contribution is 2.51. The van der Waals surface area contributed by atoms with Crippen molar-refractivity contribution in [3.63, 3.8) is 0 Å². The fourth-order valence-electron chi connectivity index (χ4n) is 6.95. The van der Waals surface area contributed by atoms with Crippen LogP contribution in [0.15, 0.2) is 35.9 Å². The third-order valence-corrected chi connectivity index (χ3v) is 9.24. The van der Waals surface area contributed by atoms with Crippen molar-refractivity contribution in [1.82, 2.24) is 4.90 Å². The Bertz CT molecular complexity index is 1310. The summed E-state index contributed by atoms with van der Waals surface area (Å²) in [4.78, 5) is 19.2. The quantitative estimate of drug-likeness (QED) is 0.586. The van der Waals surface area contributed by atoms with Crippen LogP contribution in [-0.4, -0.2) is 42.4 Å². The van der Waals surface area contributed by atoms with Gasteiger partial charge >= 0.3 is 0 Å². The molecule has 1 saturated heterocycles. The van der Waals surface area contributed by atoms with Gasteiger partial charge < -0.3 is 4.90 Å². The number of ketones is 1. The molecule has 180 valence electrons. The number of nitrogens with zero attached hydrogens (tertiary/aromatic N) is 3. The Hall–Kier alpha value is -2.90. The van der Waals surface area contributed by atoms with Gasteiger partial charge in [0.1, 0.15) is 0 Å². The molecule has 3 aliphatic carbocycles. The van der Waals surface area contributed by atoms with E-state index >= 15 is 0 Å². The largest absolute Gasteiger partial charge is 0.368 e. The Balaban J connectivity index is 1.39. The van der Waals surface area contributed by atoms with Gasteiger partial charge in [0.15, 0.2) is 5.78 Å². The highest BCUT2D eigenvalue weighted by molar-refractivity contribution is 6.33. The van der Waals surface area contributed by atoms with E-state index in [1.54, 1.807) is 0 Å². The van der Waals surface area contributed by atoms with Crippen LogP contribution in [0.5, 0.6) is 0 Å². The van der Waals surface area contributed by atoms with E-state index in [4.69, 9.17) is 0 Å². The molecule has 1 aliphatic heterocycles. The Kier molecular flexibility index (Phi) is 5.20. The molecule has 2 aromatic rings. The van der Waals surface area contributed by atoms with Crippen LogP contribution in [0.2, 0.25) is 0 Å². The van der Waals surface area contributed by atoms with Gasteiger partial charge in [0, 0.05) is 54.0 Å². The minimum Gasteiger partial charge on any atom is -0.368 e. The zero-order chi connectivity index (χ0) is 24.5. The Labute approximate surface area is 209 Å². The molecule has 6 rings (SSSR count). The highest BCUT2D eigenvalue weighted by Gasteiger charge is 2.43. The summed E-state index contributed by atoms with van der Waals surface area (Å²) < 4.78 is 0. The van der Waals surface area contributed by atoms with Crippen molar-refractivity contribution in [2.24, 2.45) is 0 Å². The summed E-state index contributed by atoms with van der Waals surface area (Å²) in [5.74, 6) is 0.155. The maximum atomic E-state index is 13.9. The number of piperazine rings is 1. The number of hydrogen-bond donors (Lipinski definition) is 0. The molecule has 4 heteroatoms. The molecule has 2 aromatic carbocycles. The lowest BCUT2D eigenvalue weighted by Gasteiger charge is -2.48. The van der Waals surface area contributed by atoms with Crippen LogP contribution in [0.25, 0.3) is 5.57 Å². The first-order valence-corrected chi connectivity index (χ1v) is 13.3. The molecular formula is C31H35N3O. The number of rotatable bonds is 3. The second-order valence-corrected chi connectivity index (χ2v) is 11.5. The molecule has 35 heavy (non-hydrogen) atoms. The first-order valence-electron chi connectivity index (χ1n) is 13.3. The SMILES string of the molecule is CCc1cc2c(cc1N1CCN(C3CCC3)[C@@H](C)C1)C(C)(C)C1=C(C2=O)c2ccc(C#N)cc2C1. The standard InChI is InChI=1S/C31H35N3O/c1-5-21-14-25-26(16-28(21)33-11-12-34(19(2)18-33)23-7-6-8-23)31(3,4)27-15-22-13-20(17-32)9-10-24(22)29(27)30(25)35/h9-10,13-14,16,19,23H,5-8,11-12,15,18H2,1-4H3/t19-/m0/s1. The molecule has 0 amide bonds. The number of benzene rings is 2. The van der Waals surface area contributed by atoms with Crippen LogP contribution in [-0.2, 0) is 18.3 Å². The summed E-state index contributed by atoms with van der Waals surface area (Å²) in [6.45, 7) is 12.4. The first kappa shape index (κ1) is 22.6. The van der Waals surface area contributed by atoms with E-state index in [-0.39, 0.29) is 11.2 Å². The number of Topliss-reactive ketones (excluding diaryl/α,β-unsaturated/α-hetero) is 1. The second kappa shape index (κ2) is 8.07. The number of fused-ring (bicyclic) bond motifs is 3. The average Bonchev–Trinajstić information content (AvgIpc) is 3.22. The van der Waals surface area contributed by atoms with E-state index < -0.39 is 0 Å². The van der Waals surface area contributed by atoms with Crippen LogP contribution in [0, 0.1) is 11.3 Å². The number of nitriles is 1. The lowest BCUT2D eigenvalue weighted by molar-refractivity contribution is 0.0774. The Morgan fingerprint density at radius 3 is 2.57 bits per heavy atom. The third kappa shape index (κ3) is 3.32. The van der Waals surface area contributed by atoms with E-state index in [1.807, 2.05) is 18.2 Å². The van der Waals surface area contributed by atoms with Gasteiger partial charge in [-0.1, -0.05) is 33.3 Å². The molecule has 1 atom stereocenters. The molecule has 0 spiro atoms. The maximum Gasteiger partial charge on any atom is 0.193 e. The van der Waals surface area contributed by atoms with Gasteiger partial charge in [0.05, 0.1) is 11.6 Å². The van der Waals surface area contributed by atoms with Crippen LogP contribution in [0.3, 0.4) is 0 Å². The predicted octanol–water partition coefficient (Wildman–Crippen LogP) is 5.67. The van der Waals surface area contributed by atoms with Gasteiger partial charge in [-0.05, 0) is 84.7 Å². The lowest BCUT2D eigenvalue weighted by Crippen LogP contribution is -2.57. The van der Waals surface area contributed by atoms with Gasteiger partial charge in [0.2, 0.25) is 0 Å². The Morgan fingerprint density at radius 1 is 1.11 bits per heavy atom. The molecule has 0 radical (unpaired) electrons. The predicted molar refractivity (Wildman–Crippen MR) is 141 cm³/mol. The molecule has 4 aliphatic rings. The van der Waals surface area contributed by atoms with E-state index in [1.165, 1.54) is 36.1 Å². The van der Waals surface area contributed by atoms with Gasteiger partial charge in [-0.25, -0.2) is 0 Å². The van der Waals surface area contributed by atoms with Crippen LogP contribution in [0.1, 0.15) is 85.1 Å². The fraction of sp³-hybridized carbons (Fsp3) is 0.484. The summed E-state index contributed by atoms with van der Waals surface area (Å²) >= 11 is 0. The van der Waals surface area contributed by atoms with E-state index in [0.29, 0.717) is 11.6 Å².